The fourth-order valence-electron chi connectivity index (χ4n) is 2.54. The van der Waals surface area contributed by atoms with E-state index in [0.29, 0.717) is 18.4 Å². The van der Waals surface area contributed by atoms with Gasteiger partial charge >= 0.3 is 97.4 Å². The van der Waals surface area contributed by atoms with Gasteiger partial charge in [-0.3, -0.25) is 0 Å². The zero-order chi connectivity index (χ0) is 11.9. The molecule has 0 radical (unpaired) electrons. The maximum atomic E-state index is 11.6. The number of esters is 1. The first-order chi connectivity index (χ1) is 7.44. The molecule has 2 aliphatic carbocycles. The van der Waals surface area contributed by atoms with E-state index < -0.39 is 8.32 Å². The Morgan fingerprint density at radius 1 is 1.50 bits per heavy atom. The molecule has 0 aromatic heterocycles. The minimum absolute atomic E-state index is 0.0365. The molecule has 1 fully saturated rings. The van der Waals surface area contributed by atoms with Crippen molar-refractivity contribution >= 4 is 14.3 Å². The van der Waals surface area contributed by atoms with Crippen LogP contribution in [-0.2, 0) is 14.0 Å². The van der Waals surface area contributed by atoms with Crippen molar-refractivity contribution in [3.05, 3.63) is 11.8 Å². The van der Waals surface area contributed by atoms with Gasteiger partial charge in [0.25, 0.3) is 0 Å². The van der Waals surface area contributed by atoms with Crippen LogP contribution >= 0.6 is 0 Å². The number of hydrogen-bond donors (Lipinski definition) is 0. The maximum absolute atomic E-state index is 11.6. The van der Waals surface area contributed by atoms with Crippen molar-refractivity contribution < 1.29 is 14.0 Å². The third-order valence-corrected chi connectivity index (χ3v) is 4.12. The quantitative estimate of drug-likeness (QED) is 0.559. The number of ether oxygens (including phenoxy) is 1. The van der Waals surface area contributed by atoms with Gasteiger partial charge in [0.1, 0.15) is 0 Å². The molecule has 0 spiro atoms. The molecule has 1 saturated carbocycles. The molecule has 0 aromatic carbocycles. The van der Waals surface area contributed by atoms with E-state index in [1.165, 1.54) is 0 Å². The van der Waals surface area contributed by atoms with Gasteiger partial charge in [0.2, 0.25) is 0 Å². The van der Waals surface area contributed by atoms with Gasteiger partial charge in [-0.25, -0.2) is 0 Å². The Labute approximate surface area is 97.9 Å². The Morgan fingerprint density at radius 3 is 2.75 bits per heavy atom. The predicted octanol–water partition coefficient (Wildman–Crippen LogP) is 2.28. The third-order valence-electron chi connectivity index (χ3n) is 3.14. The van der Waals surface area contributed by atoms with Gasteiger partial charge in [-0.2, -0.15) is 0 Å². The Balaban J connectivity index is 1.94. The normalized spacial score (nSPS) is 32.8. The average Bonchev–Trinajstić information content (AvgIpc) is 2.74. The number of rotatable bonds is 4. The van der Waals surface area contributed by atoms with Gasteiger partial charge in [-0.15, -0.1) is 0 Å². The molecule has 16 heavy (non-hydrogen) atoms. The summed E-state index contributed by atoms with van der Waals surface area (Å²) < 4.78 is 11.1. The number of hydrogen-bond acceptors (Lipinski definition) is 3. The molecule has 0 aliphatic heterocycles. The molecule has 0 aromatic rings. The predicted molar refractivity (Wildman–Crippen MR) is 65.6 cm³/mol. The van der Waals surface area contributed by atoms with Crippen molar-refractivity contribution in [1.82, 2.24) is 0 Å². The number of carbonyl (C=O) groups is 1. The van der Waals surface area contributed by atoms with Crippen LogP contribution in [0.25, 0.3) is 0 Å². The Hall–Kier alpha value is -0.773. The van der Waals surface area contributed by atoms with E-state index in [0.717, 1.165) is 12.2 Å². The molecule has 3 nitrogen and oxygen atoms in total. The van der Waals surface area contributed by atoms with Crippen molar-refractivity contribution in [2.75, 3.05) is 6.61 Å². The van der Waals surface area contributed by atoms with Crippen LogP contribution in [0.1, 0.15) is 13.3 Å². The van der Waals surface area contributed by atoms with E-state index in [9.17, 15) is 4.79 Å². The minimum atomic E-state index is -1.81. The van der Waals surface area contributed by atoms with E-state index in [1.54, 1.807) is 0 Å². The molecule has 2 aliphatic rings. The van der Waals surface area contributed by atoms with Gasteiger partial charge < -0.3 is 0 Å². The summed E-state index contributed by atoms with van der Waals surface area (Å²) in [6.07, 6.45) is 3.15. The Kier molecular flexibility index (Phi) is 2.86. The van der Waals surface area contributed by atoms with E-state index in [-0.39, 0.29) is 11.9 Å². The summed E-state index contributed by atoms with van der Waals surface area (Å²) in [7, 11) is -1.81. The molecule has 0 bridgehead atoms. The Bertz CT molecular complexity index is 330. The molecule has 3 atom stereocenters. The van der Waals surface area contributed by atoms with E-state index in [4.69, 9.17) is 9.16 Å². The van der Waals surface area contributed by atoms with Crippen molar-refractivity contribution in [3.63, 3.8) is 0 Å². The molecular weight excluding hydrogens is 220 g/mol. The molecule has 0 amide bonds. The zero-order valence-electron chi connectivity index (χ0n) is 10.5. The molecule has 0 saturated heterocycles. The summed E-state index contributed by atoms with van der Waals surface area (Å²) >= 11 is 0. The van der Waals surface area contributed by atoms with Crippen molar-refractivity contribution in [2.45, 2.75) is 33.0 Å². The van der Waals surface area contributed by atoms with Crippen LogP contribution in [-0.4, -0.2) is 20.9 Å². The number of fused-ring (bicyclic) bond motifs is 1. The molecule has 2 rings (SSSR count). The first-order valence-corrected chi connectivity index (χ1v) is 10.2. The van der Waals surface area contributed by atoms with Crippen LogP contribution in [0.15, 0.2) is 11.8 Å². The van der Waals surface area contributed by atoms with Crippen molar-refractivity contribution in [1.29, 1.82) is 0 Å². The monoisotopic (exact) mass is 241 g/mol. The zero-order valence-corrected chi connectivity index (χ0v) is 11.7. The second kappa shape index (κ2) is 3.91. The van der Waals surface area contributed by atoms with Gasteiger partial charge in [-0.05, 0) is 0 Å². The summed E-state index contributed by atoms with van der Waals surface area (Å²) in [5, 5.41) is 0. The van der Waals surface area contributed by atoms with E-state index >= 15 is 0 Å². The summed E-state index contributed by atoms with van der Waals surface area (Å²) in [5.41, 5.74) is 0. The van der Waals surface area contributed by atoms with Gasteiger partial charge in [-0.1, -0.05) is 0 Å². The molecular formula is C12H21O3Si-. The molecule has 92 valence electrons. The average molecular weight is 241 g/mol. The summed E-state index contributed by atoms with van der Waals surface area (Å²) in [4.78, 5) is 11.6. The van der Waals surface area contributed by atoms with Crippen LogP contribution in [0.2, 0.25) is 19.6 Å². The van der Waals surface area contributed by atoms with Gasteiger partial charge in [0.15, 0.2) is 0 Å². The topological polar surface area (TPSA) is 35.5 Å². The van der Waals surface area contributed by atoms with Crippen LogP contribution in [0.4, 0.5) is 0 Å². The van der Waals surface area contributed by atoms with Crippen molar-refractivity contribution in [2.24, 2.45) is 17.8 Å². The Morgan fingerprint density at radius 2 is 2.19 bits per heavy atom. The fraction of sp³-hybridized carbons (Fsp3) is 0.750. The van der Waals surface area contributed by atoms with Crippen LogP contribution in [0.5, 0.6) is 0 Å². The van der Waals surface area contributed by atoms with Crippen LogP contribution < -0.4 is 0 Å². The van der Waals surface area contributed by atoms with Crippen LogP contribution in [0, 0.1) is 17.8 Å². The first kappa shape index (κ1) is 11.7. The van der Waals surface area contributed by atoms with Gasteiger partial charge in [0, 0.05) is 0 Å². The summed E-state index contributed by atoms with van der Waals surface area (Å²) in [6, 6.07) is 0. The fourth-order valence-corrected chi connectivity index (χ4v) is 3.61. The number of allylic oxidation sites excluding steroid dienone is 2. The van der Waals surface area contributed by atoms with E-state index in [2.05, 4.69) is 25.7 Å². The molecule has 0 N–H and O–H groups in total. The number of carbonyl (C=O) groups excluding carboxylic acids is 1. The van der Waals surface area contributed by atoms with E-state index in [1.807, 2.05) is 6.92 Å². The van der Waals surface area contributed by atoms with Gasteiger partial charge in [0.05, 0.1) is 0 Å². The molecule has 4 heteroatoms. The van der Waals surface area contributed by atoms with Crippen molar-refractivity contribution in [3.8, 4) is 0 Å². The second-order valence-electron chi connectivity index (χ2n) is 5.87. The molecule has 0 heterocycles. The molecule has 1 unspecified atom stereocenters. The standard InChI is InChI=1S/C12H21O3Si/c1-5-14-12(13)11-8-6-7-9(10(8)11)15-16(2,3)4/h7-8,10-11,16H,5-6H2,1-4H3/q-1/t8?,10-,11+/m1/s1. The summed E-state index contributed by atoms with van der Waals surface area (Å²) in [6.45, 7) is 8.92. The SMILES string of the molecule is CCOC(=O)[C@H]1C2CC=C(O[SiH-](C)(C)C)[C@@H]21. The van der Waals surface area contributed by atoms with Crippen LogP contribution in [0.3, 0.4) is 0 Å². The summed E-state index contributed by atoms with van der Waals surface area (Å²) in [5.74, 6) is 1.92. The second-order valence-corrected chi connectivity index (χ2v) is 11.0. The third kappa shape index (κ3) is 2.16. The first-order valence-electron chi connectivity index (χ1n) is 6.26.